The highest BCUT2D eigenvalue weighted by molar-refractivity contribution is 5.91. The van der Waals surface area contributed by atoms with E-state index in [0.717, 1.165) is 14.7 Å². The van der Waals surface area contributed by atoms with E-state index in [1.807, 2.05) is 6.07 Å². The molecule has 0 aliphatic carbocycles. The minimum absolute atomic E-state index is 0.00486. The van der Waals surface area contributed by atoms with Crippen LogP contribution in [0.4, 0.5) is 10.1 Å². The summed E-state index contributed by atoms with van der Waals surface area (Å²) in [5.41, 5.74) is -0.142. The zero-order valence-corrected chi connectivity index (χ0v) is 19.2. The molecule has 0 saturated heterocycles. The van der Waals surface area contributed by atoms with Gasteiger partial charge in [0.25, 0.3) is 5.56 Å². The van der Waals surface area contributed by atoms with Gasteiger partial charge >= 0.3 is 5.69 Å². The van der Waals surface area contributed by atoms with Crippen LogP contribution in [0.1, 0.15) is 5.56 Å². The molecular formula is C25H23FN4O5. The van der Waals surface area contributed by atoms with E-state index in [4.69, 9.17) is 9.47 Å². The van der Waals surface area contributed by atoms with Crippen LogP contribution in [0.2, 0.25) is 0 Å². The van der Waals surface area contributed by atoms with Crippen LogP contribution in [0.3, 0.4) is 0 Å². The highest BCUT2D eigenvalue weighted by atomic mass is 19.1. The van der Waals surface area contributed by atoms with Gasteiger partial charge in [0.05, 0.1) is 25.4 Å². The van der Waals surface area contributed by atoms with Crippen LogP contribution in [0.15, 0.2) is 70.4 Å². The summed E-state index contributed by atoms with van der Waals surface area (Å²) < 4.78 is 26.7. The van der Waals surface area contributed by atoms with Crippen LogP contribution in [0.25, 0.3) is 11.0 Å². The molecule has 1 N–H and O–H groups in total. The third-order valence-electron chi connectivity index (χ3n) is 5.51. The Kier molecular flexibility index (Phi) is 6.91. The second-order valence-corrected chi connectivity index (χ2v) is 7.66. The third-order valence-corrected chi connectivity index (χ3v) is 5.51. The zero-order chi connectivity index (χ0) is 24.9. The SMILES string of the molecule is COc1ccc(CCn2c(=O)c3ncccc3n(CC(=O)Nc3ccccc3F)c2=O)cc1OC. The Morgan fingerprint density at radius 2 is 1.77 bits per heavy atom. The van der Waals surface area contributed by atoms with Crippen LogP contribution >= 0.6 is 0 Å². The predicted octanol–water partition coefficient (Wildman–Crippen LogP) is 2.60. The summed E-state index contributed by atoms with van der Waals surface area (Å²) in [7, 11) is 3.05. The van der Waals surface area contributed by atoms with Crippen molar-refractivity contribution in [3.05, 3.63) is 93.0 Å². The number of hydrogen-bond acceptors (Lipinski definition) is 6. The number of rotatable bonds is 8. The molecule has 0 fully saturated rings. The van der Waals surface area contributed by atoms with Crippen molar-refractivity contribution in [1.82, 2.24) is 14.1 Å². The van der Waals surface area contributed by atoms with Crippen LogP contribution in [-0.4, -0.2) is 34.2 Å². The van der Waals surface area contributed by atoms with Crippen molar-refractivity contribution in [2.45, 2.75) is 19.5 Å². The maximum atomic E-state index is 13.9. The lowest BCUT2D eigenvalue weighted by Crippen LogP contribution is -2.42. The van der Waals surface area contributed by atoms with Gasteiger partial charge in [0, 0.05) is 12.7 Å². The van der Waals surface area contributed by atoms with Crippen molar-refractivity contribution < 1.29 is 18.7 Å². The average molecular weight is 478 g/mol. The minimum Gasteiger partial charge on any atom is -0.493 e. The third kappa shape index (κ3) is 4.91. The topological polar surface area (TPSA) is 104 Å². The van der Waals surface area contributed by atoms with E-state index in [0.29, 0.717) is 17.9 Å². The molecule has 35 heavy (non-hydrogen) atoms. The molecule has 0 bridgehead atoms. The maximum absolute atomic E-state index is 13.9. The Morgan fingerprint density at radius 3 is 2.51 bits per heavy atom. The summed E-state index contributed by atoms with van der Waals surface area (Å²) in [5, 5.41) is 2.46. The molecule has 9 nitrogen and oxygen atoms in total. The number of anilines is 1. The zero-order valence-electron chi connectivity index (χ0n) is 19.2. The number of ether oxygens (including phenoxy) is 2. The van der Waals surface area contributed by atoms with E-state index < -0.39 is 29.5 Å². The summed E-state index contributed by atoms with van der Waals surface area (Å²) in [6.07, 6.45) is 1.78. The fraction of sp³-hybridized carbons (Fsp3) is 0.200. The maximum Gasteiger partial charge on any atom is 0.332 e. The monoisotopic (exact) mass is 478 g/mol. The molecule has 0 aliphatic heterocycles. The molecule has 10 heteroatoms. The van der Waals surface area contributed by atoms with Crippen LogP contribution in [0.5, 0.6) is 11.5 Å². The van der Waals surface area contributed by atoms with E-state index in [1.165, 1.54) is 38.6 Å². The van der Waals surface area contributed by atoms with Gasteiger partial charge in [-0.25, -0.2) is 14.2 Å². The number of nitrogens with zero attached hydrogens (tertiary/aromatic N) is 3. The Morgan fingerprint density at radius 1 is 1.00 bits per heavy atom. The molecule has 2 aromatic carbocycles. The van der Waals surface area contributed by atoms with Gasteiger partial charge in [0.1, 0.15) is 12.4 Å². The average Bonchev–Trinajstić information content (AvgIpc) is 2.87. The number of nitrogens with one attached hydrogen (secondary N) is 1. The first kappa shape index (κ1) is 23.7. The summed E-state index contributed by atoms with van der Waals surface area (Å²) in [6, 6.07) is 14.1. The van der Waals surface area contributed by atoms with Crippen molar-refractivity contribution in [1.29, 1.82) is 0 Å². The van der Waals surface area contributed by atoms with Crippen LogP contribution in [-0.2, 0) is 24.3 Å². The van der Waals surface area contributed by atoms with Gasteiger partial charge in [-0.2, -0.15) is 0 Å². The van der Waals surface area contributed by atoms with Crippen LogP contribution in [0, 0.1) is 5.82 Å². The molecule has 0 aliphatic rings. The molecule has 4 rings (SSSR count). The molecular weight excluding hydrogens is 455 g/mol. The molecule has 0 radical (unpaired) electrons. The van der Waals surface area contributed by atoms with Crippen molar-refractivity contribution in [2.75, 3.05) is 19.5 Å². The number of fused-ring (bicyclic) bond motifs is 1. The van der Waals surface area contributed by atoms with E-state index in [-0.39, 0.29) is 23.3 Å². The molecule has 180 valence electrons. The van der Waals surface area contributed by atoms with Gasteiger partial charge in [-0.3, -0.25) is 18.7 Å². The number of aryl methyl sites for hydroxylation is 1. The summed E-state index contributed by atoms with van der Waals surface area (Å²) in [5.74, 6) is -0.127. The lowest BCUT2D eigenvalue weighted by atomic mass is 10.1. The molecule has 0 saturated carbocycles. The predicted molar refractivity (Wildman–Crippen MR) is 129 cm³/mol. The number of amides is 1. The number of methoxy groups -OCH3 is 2. The Labute approximate surface area is 199 Å². The van der Waals surface area contributed by atoms with E-state index in [1.54, 1.807) is 30.3 Å². The number of hydrogen-bond donors (Lipinski definition) is 1. The van der Waals surface area contributed by atoms with E-state index in [9.17, 15) is 18.8 Å². The Hall–Kier alpha value is -4.47. The minimum atomic E-state index is -0.667. The van der Waals surface area contributed by atoms with Gasteiger partial charge in [-0.15, -0.1) is 0 Å². The second kappa shape index (κ2) is 10.2. The van der Waals surface area contributed by atoms with Gasteiger partial charge < -0.3 is 14.8 Å². The number of benzene rings is 2. The number of carbonyl (C=O) groups excluding carboxylic acids is 1. The number of pyridine rings is 1. The highest BCUT2D eigenvalue weighted by Crippen LogP contribution is 2.27. The molecule has 2 heterocycles. The molecule has 0 atom stereocenters. The second-order valence-electron chi connectivity index (χ2n) is 7.66. The van der Waals surface area contributed by atoms with E-state index in [2.05, 4.69) is 10.3 Å². The normalized spacial score (nSPS) is 10.8. The fourth-order valence-electron chi connectivity index (χ4n) is 3.77. The fourth-order valence-corrected chi connectivity index (χ4v) is 3.77. The number of halogens is 1. The van der Waals surface area contributed by atoms with Crippen molar-refractivity contribution in [3.8, 4) is 11.5 Å². The molecule has 4 aromatic rings. The Balaban J connectivity index is 1.67. The highest BCUT2D eigenvalue weighted by Gasteiger charge is 2.17. The molecule has 2 aromatic heterocycles. The molecule has 1 amide bonds. The lowest BCUT2D eigenvalue weighted by molar-refractivity contribution is -0.116. The molecule has 0 unspecified atom stereocenters. The Bertz CT molecular complexity index is 1510. The quantitative estimate of drug-likeness (QED) is 0.418. The van der Waals surface area contributed by atoms with Crippen molar-refractivity contribution in [2.24, 2.45) is 0 Å². The van der Waals surface area contributed by atoms with Crippen molar-refractivity contribution in [3.63, 3.8) is 0 Å². The van der Waals surface area contributed by atoms with Gasteiger partial charge in [-0.05, 0) is 48.4 Å². The number of carbonyl (C=O) groups is 1. The van der Waals surface area contributed by atoms with Gasteiger partial charge in [-0.1, -0.05) is 18.2 Å². The van der Waals surface area contributed by atoms with Gasteiger partial charge in [0.2, 0.25) is 5.91 Å². The first-order chi connectivity index (χ1) is 16.9. The number of aromatic nitrogens is 3. The molecule has 0 spiro atoms. The standard InChI is InChI=1S/C25H23FN4O5/c1-34-20-10-9-16(14-21(20)35-2)11-13-29-24(32)23-19(8-5-12-27-23)30(25(29)33)15-22(31)28-18-7-4-3-6-17(18)26/h3-10,12,14H,11,13,15H2,1-2H3,(H,28,31). The number of para-hydroxylation sites is 1. The first-order valence-corrected chi connectivity index (χ1v) is 10.8. The van der Waals surface area contributed by atoms with Crippen LogP contribution < -0.4 is 26.0 Å². The van der Waals surface area contributed by atoms with E-state index >= 15 is 0 Å². The smallest absolute Gasteiger partial charge is 0.332 e. The van der Waals surface area contributed by atoms with Crippen molar-refractivity contribution >= 4 is 22.6 Å². The first-order valence-electron chi connectivity index (χ1n) is 10.8. The lowest BCUT2D eigenvalue weighted by Gasteiger charge is -2.14. The summed E-state index contributed by atoms with van der Waals surface area (Å²) in [4.78, 5) is 43.2. The largest absolute Gasteiger partial charge is 0.493 e. The summed E-state index contributed by atoms with van der Waals surface area (Å²) in [6.45, 7) is -0.374. The van der Waals surface area contributed by atoms with Gasteiger partial charge in [0.15, 0.2) is 17.0 Å². The summed E-state index contributed by atoms with van der Waals surface area (Å²) >= 11 is 0.